The van der Waals surface area contributed by atoms with Crippen LogP contribution in [0, 0.1) is 13.8 Å². The minimum atomic E-state index is -0.469. The molecule has 6 heteroatoms. The van der Waals surface area contributed by atoms with E-state index in [0.29, 0.717) is 6.54 Å². The van der Waals surface area contributed by atoms with Gasteiger partial charge in [0, 0.05) is 30.4 Å². The zero-order valence-electron chi connectivity index (χ0n) is 14.7. The molecule has 1 atom stereocenters. The Balaban J connectivity index is 2.47. The van der Waals surface area contributed by atoms with Crippen LogP contribution in [0.2, 0.25) is 0 Å². The number of hydrogen-bond donors (Lipinski definition) is 3. The standard InChI is InChI=1S/C16H30N4O2/c1-7-8-13(9-18-15(21)22-16(4,5)6)17-10-14-11(2)19-20-12(14)3/h13,17H,7-10H2,1-6H3,(H,18,21)(H,19,20). The summed E-state index contributed by atoms with van der Waals surface area (Å²) in [6.07, 6.45) is 1.68. The summed E-state index contributed by atoms with van der Waals surface area (Å²) in [5.41, 5.74) is 2.82. The highest BCUT2D eigenvalue weighted by Gasteiger charge is 2.17. The number of amides is 1. The Morgan fingerprint density at radius 1 is 1.36 bits per heavy atom. The summed E-state index contributed by atoms with van der Waals surface area (Å²) >= 11 is 0. The molecule has 6 nitrogen and oxygen atoms in total. The lowest BCUT2D eigenvalue weighted by molar-refractivity contribution is 0.0521. The topological polar surface area (TPSA) is 79.0 Å². The third kappa shape index (κ3) is 6.47. The Morgan fingerprint density at radius 2 is 2.05 bits per heavy atom. The van der Waals surface area contributed by atoms with Crippen LogP contribution < -0.4 is 10.6 Å². The SMILES string of the molecule is CCCC(CNC(=O)OC(C)(C)C)NCc1c(C)n[nH]c1C. The van der Waals surface area contributed by atoms with Gasteiger partial charge in [0.05, 0.1) is 5.69 Å². The Labute approximate surface area is 133 Å². The molecule has 0 aliphatic heterocycles. The summed E-state index contributed by atoms with van der Waals surface area (Å²) in [6.45, 7) is 13.0. The molecule has 0 fully saturated rings. The smallest absolute Gasteiger partial charge is 0.407 e. The Bertz CT molecular complexity index is 457. The van der Waals surface area contributed by atoms with Gasteiger partial charge in [-0.2, -0.15) is 5.10 Å². The molecular formula is C16H30N4O2. The minimum absolute atomic E-state index is 0.214. The number of nitrogens with zero attached hydrogens (tertiary/aromatic N) is 1. The van der Waals surface area contributed by atoms with Crippen LogP contribution in [0.3, 0.4) is 0 Å². The molecule has 1 rings (SSSR count). The van der Waals surface area contributed by atoms with Crippen molar-refractivity contribution in [3.8, 4) is 0 Å². The number of H-pyrrole nitrogens is 1. The molecule has 126 valence electrons. The van der Waals surface area contributed by atoms with Crippen molar-refractivity contribution in [1.82, 2.24) is 20.8 Å². The van der Waals surface area contributed by atoms with Crippen molar-refractivity contribution in [1.29, 1.82) is 0 Å². The van der Waals surface area contributed by atoms with Gasteiger partial charge in [0.25, 0.3) is 0 Å². The summed E-state index contributed by atoms with van der Waals surface area (Å²) in [7, 11) is 0. The van der Waals surface area contributed by atoms with Crippen molar-refractivity contribution in [3.63, 3.8) is 0 Å². The minimum Gasteiger partial charge on any atom is -0.444 e. The number of aromatic nitrogens is 2. The third-order valence-electron chi connectivity index (χ3n) is 3.38. The first-order valence-corrected chi connectivity index (χ1v) is 7.93. The molecule has 0 radical (unpaired) electrons. The second-order valence-electron chi connectivity index (χ2n) is 6.66. The molecule has 1 heterocycles. The lowest BCUT2D eigenvalue weighted by Gasteiger charge is -2.22. The van der Waals surface area contributed by atoms with E-state index in [9.17, 15) is 4.79 Å². The first-order valence-electron chi connectivity index (χ1n) is 7.93. The molecular weight excluding hydrogens is 280 g/mol. The van der Waals surface area contributed by atoms with Gasteiger partial charge in [0.2, 0.25) is 0 Å². The van der Waals surface area contributed by atoms with Crippen LogP contribution in [-0.2, 0) is 11.3 Å². The van der Waals surface area contributed by atoms with Crippen LogP contribution >= 0.6 is 0 Å². The molecule has 0 aliphatic carbocycles. The lowest BCUT2D eigenvalue weighted by atomic mass is 10.1. The van der Waals surface area contributed by atoms with Crippen molar-refractivity contribution in [2.24, 2.45) is 0 Å². The summed E-state index contributed by atoms with van der Waals surface area (Å²) < 4.78 is 5.26. The van der Waals surface area contributed by atoms with Gasteiger partial charge in [-0.15, -0.1) is 0 Å². The fourth-order valence-corrected chi connectivity index (χ4v) is 2.23. The maximum absolute atomic E-state index is 11.7. The van der Waals surface area contributed by atoms with Crippen LogP contribution in [0.5, 0.6) is 0 Å². The highest BCUT2D eigenvalue weighted by Crippen LogP contribution is 2.10. The van der Waals surface area contributed by atoms with E-state index in [-0.39, 0.29) is 12.1 Å². The number of hydrogen-bond acceptors (Lipinski definition) is 4. The van der Waals surface area contributed by atoms with E-state index in [0.717, 1.165) is 30.8 Å². The second kappa shape index (κ2) is 8.17. The number of carbonyl (C=O) groups excluding carboxylic acids is 1. The van der Waals surface area contributed by atoms with Crippen LogP contribution in [0.1, 0.15) is 57.5 Å². The average molecular weight is 310 g/mol. The molecule has 0 saturated heterocycles. The molecule has 0 bridgehead atoms. The van der Waals surface area contributed by atoms with Crippen molar-refractivity contribution >= 4 is 6.09 Å². The molecule has 1 aromatic heterocycles. The zero-order valence-corrected chi connectivity index (χ0v) is 14.7. The number of carbonyl (C=O) groups is 1. The second-order valence-corrected chi connectivity index (χ2v) is 6.66. The molecule has 22 heavy (non-hydrogen) atoms. The number of ether oxygens (including phenoxy) is 1. The maximum Gasteiger partial charge on any atom is 0.407 e. The van der Waals surface area contributed by atoms with Gasteiger partial charge in [0.15, 0.2) is 0 Å². The zero-order chi connectivity index (χ0) is 16.8. The van der Waals surface area contributed by atoms with E-state index in [1.807, 2.05) is 34.6 Å². The number of nitrogens with one attached hydrogen (secondary N) is 3. The van der Waals surface area contributed by atoms with Gasteiger partial charge >= 0.3 is 6.09 Å². The molecule has 1 unspecified atom stereocenters. The average Bonchev–Trinajstić information content (AvgIpc) is 2.71. The summed E-state index contributed by atoms with van der Waals surface area (Å²) in [5, 5.41) is 13.5. The van der Waals surface area contributed by atoms with Crippen LogP contribution in [0.4, 0.5) is 4.79 Å². The van der Waals surface area contributed by atoms with Crippen molar-refractivity contribution in [2.45, 2.75) is 72.6 Å². The maximum atomic E-state index is 11.7. The fraction of sp³-hybridized carbons (Fsp3) is 0.750. The number of aryl methyl sites for hydroxylation is 2. The summed E-state index contributed by atoms with van der Waals surface area (Å²) in [5.74, 6) is 0. The van der Waals surface area contributed by atoms with E-state index < -0.39 is 5.60 Å². The number of aromatic amines is 1. The van der Waals surface area contributed by atoms with Gasteiger partial charge in [0.1, 0.15) is 5.60 Å². The van der Waals surface area contributed by atoms with E-state index >= 15 is 0 Å². The van der Waals surface area contributed by atoms with Gasteiger partial charge < -0.3 is 15.4 Å². The Hall–Kier alpha value is -1.56. The van der Waals surface area contributed by atoms with Crippen molar-refractivity contribution in [3.05, 3.63) is 17.0 Å². The monoisotopic (exact) mass is 310 g/mol. The molecule has 3 N–H and O–H groups in total. The molecule has 1 amide bonds. The first kappa shape index (κ1) is 18.5. The van der Waals surface area contributed by atoms with Gasteiger partial charge in [-0.3, -0.25) is 5.10 Å². The predicted molar refractivity (Wildman–Crippen MR) is 87.8 cm³/mol. The van der Waals surface area contributed by atoms with E-state index in [1.165, 1.54) is 5.56 Å². The van der Waals surface area contributed by atoms with Crippen LogP contribution in [-0.4, -0.2) is 34.5 Å². The third-order valence-corrected chi connectivity index (χ3v) is 3.38. The highest BCUT2D eigenvalue weighted by atomic mass is 16.6. The fourth-order valence-electron chi connectivity index (χ4n) is 2.23. The molecule has 0 aromatic carbocycles. The summed E-state index contributed by atoms with van der Waals surface area (Å²) in [6, 6.07) is 0.214. The predicted octanol–water partition coefficient (Wildman–Crippen LogP) is 2.81. The highest BCUT2D eigenvalue weighted by molar-refractivity contribution is 5.67. The normalized spacial score (nSPS) is 13.0. The van der Waals surface area contributed by atoms with Gasteiger partial charge in [-0.1, -0.05) is 13.3 Å². The quantitative estimate of drug-likeness (QED) is 0.723. The van der Waals surface area contributed by atoms with E-state index in [4.69, 9.17) is 4.74 Å². The van der Waals surface area contributed by atoms with Crippen LogP contribution in [0.15, 0.2) is 0 Å². The van der Waals surface area contributed by atoms with Crippen LogP contribution in [0.25, 0.3) is 0 Å². The number of alkyl carbamates (subject to hydrolysis) is 1. The lowest BCUT2D eigenvalue weighted by Crippen LogP contribution is -2.42. The molecule has 0 spiro atoms. The Kier molecular flexibility index (Phi) is 6.87. The van der Waals surface area contributed by atoms with Crippen molar-refractivity contribution < 1.29 is 9.53 Å². The summed E-state index contributed by atoms with van der Waals surface area (Å²) in [4.78, 5) is 11.7. The molecule has 0 saturated carbocycles. The van der Waals surface area contributed by atoms with Gasteiger partial charge in [-0.25, -0.2) is 4.79 Å². The largest absolute Gasteiger partial charge is 0.444 e. The van der Waals surface area contributed by atoms with Gasteiger partial charge in [-0.05, 0) is 41.0 Å². The number of rotatable bonds is 7. The van der Waals surface area contributed by atoms with Crippen molar-refractivity contribution in [2.75, 3.05) is 6.54 Å². The van der Waals surface area contributed by atoms with E-state index in [1.54, 1.807) is 0 Å². The Morgan fingerprint density at radius 3 is 2.55 bits per heavy atom. The van der Waals surface area contributed by atoms with E-state index in [2.05, 4.69) is 27.8 Å². The first-order chi connectivity index (χ1) is 10.2. The molecule has 0 aliphatic rings. The molecule has 1 aromatic rings.